The Morgan fingerprint density at radius 1 is 1.56 bits per heavy atom. The van der Waals surface area contributed by atoms with E-state index in [1.807, 2.05) is 0 Å². The fourth-order valence-corrected chi connectivity index (χ4v) is 1.22. The zero-order chi connectivity index (χ0) is 12.3. The summed E-state index contributed by atoms with van der Waals surface area (Å²) < 4.78 is 43.0. The second kappa shape index (κ2) is 4.54. The molecule has 0 spiro atoms. The fraction of sp³-hybridized carbons (Fsp3) is 0.556. The number of alkyl halides is 3. The number of aryl methyl sites for hydroxylation is 1. The molecule has 0 saturated heterocycles. The number of esters is 1. The molecule has 90 valence electrons. The summed E-state index contributed by atoms with van der Waals surface area (Å²) in [5, 5.41) is 3.37. The second-order valence-electron chi connectivity index (χ2n) is 3.11. The summed E-state index contributed by atoms with van der Waals surface area (Å²) in [6.45, 7) is 1.97. The highest BCUT2D eigenvalue weighted by molar-refractivity contribution is 5.72. The van der Waals surface area contributed by atoms with Crippen molar-refractivity contribution in [1.29, 1.82) is 0 Å². The molecule has 0 amide bonds. The maximum atomic E-state index is 12.5. The predicted octanol–water partition coefficient (Wildman–Crippen LogP) is 1.64. The minimum atomic E-state index is -4.55. The Morgan fingerprint density at radius 2 is 2.19 bits per heavy atom. The molecule has 0 unspecified atom stereocenters. The van der Waals surface area contributed by atoms with Gasteiger partial charge >= 0.3 is 12.1 Å². The third-order valence-corrected chi connectivity index (χ3v) is 1.99. The van der Waals surface area contributed by atoms with Gasteiger partial charge < -0.3 is 4.74 Å². The first kappa shape index (κ1) is 12.5. The van der Waals surface area contributed by atoms with Crippen molar-refractivity contribution in [1.82, 2.24) is 9.78 Å². The van der Waals surface area contributed by atoms with E-state index < -0.39 is 24.3 Å². The van der Waals surface area contributed by atoms with Gasteiger partial charge in [0.15, 0.2) is 5.69 Å². The van der Waals surface area contributed by atoms with E-state index in [1.165, 1.54) is 6.20 Å². The van der Waals surface area contributed by atoms with Crippen LogP contribution in [0.15, 0.2) is 6.20 Å². The van der Waals surface area contributed by atoms with Crippen molar-refractivity contribution in [2.45, 2.75) is 26.1 Å². The zero-order valence-electron chi connectivity index (χ0n) is 8.84. The number of carbonyl (C=O) groups excluding carboxylic acids is 1. The lowest BCUT2D eigenvalue weighted by molar-refractivity contribution is -0.143. The second-order valence-corrected chi connectivity index (χ2v) is 3.11. The van der Waals surface area contributed by atoms with E-state index in [4.69, 9.17) is 0 Å². The molecule has 1 heterocycles. The Kier molecular flexibility index (Phi) is 3.56. The van der Waals surface area contributed by atoms with E-state index in [-0.39, 0.29) is 5.56 Å². The van der Waals surface area contributed by atoms with Crippen molar-refractivity contribution >= 4 is 5.97 Å². The van der Waals surface area contributed by atoms with Crippen LogP contribution in [0.5, 0.6) is 0 Å². The molecule has 0 aliphatic rings. The van der Waals surface area contributed by atoms with Crippen LogP contribution in [0.2, 0.25) is 0 Å². The molecule has 1 aromatic heterocycles. The Hall–Kier alpha value is -1.53. The van der Waals surface area contributed by atoms with Crippen molar-refractivity contribution < 1.29 is 22.7 Å². The molecule has 1 rings (SSSR count). The van der Waals surface area contributed by atoms with Gasteiger partial charge in [-0.1, -0.05) is 0 Å². The van der Waals surface area contributed by atoms with Crippen molar-refractivity contribution in [3.63, 3.8) is 0 Å². The highest BCUT2D eigenvalue weighted by Gasteiger charge is 2.37. The van der Waals surface area contributed by atoms with Gasteiger partial charge in [0.1, 0.15) is 0 Å². The molecule has 7 heteroatoms. The van der Waals surface area contributed by atoms with Crippen LogP contribution in [0.4, 0.5) is 13.2 Å². The van der Waals surface area contributed by atoms with Crippen LogP contribution in [0.1, 0.15) is 18.2 Å². The number of ether oxygens (including phenoxy) is 1. The SMILES string of the molecule is CCn1cc(CC(=O)OC)c(C(F)(F)F)n1. The summed E-state index contributed by atoms with van der Waals surface area (Å²) in [4.78, 5) is 10.9. The molecule has 0 aliphatic heterocycles. The van der Waals surface area contributed by atoms with Gasteiger partial charge in [0, 0.05) is 18.3 Å². The first-order valence-electron chi connectivity index (χ1n) is 4.58. The van der Waals surface area contributed by atoms with E-state index in [1.54, 1.807) is 6.92 Å². The van der Waals surface area contributed by atoms with E-state index in [9.17, 15) is 18.0 Å². The number of aromatic nitrogens is 2. The van der Waals surface area contributed by atoms with Crippen LogP contribution in [0.3, 0.4) is 0 Å². The average Bonchev–Trinajstić information content (AvgIpc) is 2.60. The third kappa shape index (κ3) is 2.74. The first-order chi connectivity index (χ1) is 7.38. The van der Waals surface area contributed by atoms with E-state index >= 15 is 0 Å². The molecule has 0 N–H and O–H groups in total. The summed E-state index contributed by atoms with van der Waals surface area (Å²) in [5.41, 5.74) is -1.19. The van der Waals surface area contributed by atoms with Gasteiger partial charge in [-0.3, -0.25) is 9.48 Å². The fourth-order valence-electron chi connectivity index (χ4n) is 1.22. The van der Waals surface area contributed by atoms with E-state index in [0.717, 1.165) is 11.8 Å². The molecule has 0 radical (unpaired) electrons. The lowest BCUT2D eigenvalue weighted by Gasteiger charge is -2.04. The highest BCUT2D eigenvalue weighted by atomic mass is 19.4. The lowest BCUT2D eigenvalue weighted by Crippen LogP contribution is -2.12. The molecule has 0 atom stereocenters. The van der Waals surface area contributed by atoms with Gasteiger partial charge in [0.05, 0.1) is 13.5 Å². The lowest BCUT2D eigenvalue weighted by atomic mass is 10.2. The van der Waals surface area contributed by atoms with Crippen LogP contribution < -0.4 is 0 Å². The predicted molar refractivity (Wildman–Crippen MR) is 48.6 cm³/mol. The smallest absolute Gasteiger partial charge is 0.435 e. The Balaban J connectivity index is 3.06. The molecule has 0 aliphatic carbocycles. The Bertz CT molecular complexity index is 385. The number of halogens is 3. The monoisotopic (exact) mass is 236 g/mol. The summed E-state index contributed by atoms with van der Waals surface area (Å²) in [5.74, 6) is -0.721. The molecule has 0 aromatic carbocycles. The third-order valence-electron chi connectivity index (χ3n) is 1.99. The minimum Gasteiger partial charge on any atom is -0.469 e. The van der Waals surface area contributed by atoms with Crippen molar-refractivity contribution in [2.75, 3.05) is 7.11 Å². The number of rotatable bonds is 3. The topological polar surface area (TPSA) is 44.1 Å². The largest absolute Gasteiger partial charge is 0.469 e. The number of hydrogen-bond donors (Lipinski definition) is 0. The average molecular weight is 236 g/mol. The standard InChI is InChI=1S/C9H11F3N2O2/c1-3-14-5-6(4-7(15)16-2)8(13-14)9(10,11)12/h5H,3-4H2,1-2H3. The number of methoxy groups -OCH3 is 1. The van der Waals surface area contributed by atoms with Crippen molar-refractivity contribution in [3.8, 4) is 0 Å². The quantitative estimate of drug-likeness (QED) is 0.749. The van der Waals surface area contributed by atoms with Gasteiger partial charge in [0.2, 0.25) is 0 Å². The Morgan fingerprint density at radius 3 is 2.62 bits per heavy atom. The van der Waals surface area contributed by atoms with E-state index in [0.29, 0.717) is 6.54 Å². The Labute approximate surface area is 90.0 Å². The van der Waals surface area contributed by atoms with Crippen LogP contribution in [0, 0.1) is 0 Å². The summed E-state index contributed by atoms with van der Waals surface area (Å²) in [7, 11) is 1.12. The van der Waals surface area contributed by atoms with Gasteiger partial charge in [-0.15, -0.1) is 0 Å². The highest BCUT2D eigenvalue weighted by Crippen LogP contribution is 2.30. The molecule has 0 saturated carbocycles. The van der Waals surface area contributed by atoms with Crippen molar-refractivity contribution in [3.05, 3.63) is 17.5 Å². The minimum absolute atomic E-state index is 0.166. The van der Waals surface area contributed by atoms with Crippen LogP contribution in [-0.4, -0.2) is 22.9 Å². The van der Waals surface area contributed by atoms with Crippen LogP contribution >= 0.6 is 0 Å². The molecule has 16 heavy (non-hydrogen) atoms. The summed E-state index contributed by atoms with van der Waals surface area (Å²) in [6.07, 6.45) is -3.77. The number of hydrogen-bond acceptors (Lipinski definition) is 3. The number of nitrogens with zero attached hydrogens (tertiary/aromatic N) is 2. The molecular weight excluding hydrogens is 225 g/mol. The molecular formula is C9H11F3N2O2. The van der Waals surface area contributed by atoms with Gasteiger partial charge in [-0.25, -0.2) is 0 Å². The first-order valence-corrected chi connectivity index (χ1v) is 4.58. The number of carbonyl (C=O) groups is 1. The molecule has 0 bridgehead atoms. The molecule has 0 fully saturated rings. The summed E-state index contributed by atoms with van der Waals surface area (Å²) >= 11 is 0. The maximum Gasteiger partial charge on any atom is 0.435 e. The van der Waals surface area contributed by atoms with Gasteiger partial charge in [-0.05, 0) is 6.92 Å². The normalized spacial score (nSPS) is 11.6. The van der Waals surface area contributed by atoms with Crippen LogP contribution in [0.25, 0.3) is 0 Å². The molecule has 4 nitrogen and oxygen atoms in total. The van der Waals surface area contributed by atoms with Gasteiger partial charge in [-0.2, -0.15) is 18.3 Å². The zero-order valence-corrected chi connectivity index (χ0v) is 8.84. The van der Waals surface area contributed by atoms with E-state index in [2.05, 4.69) is 9.84 Å². The maximum absolute atomic E-state index is 12.5. The summed E-state index contributed by atoms with van der Waals surface area (Å²) in [6, 6.07) is 0. The van der Waals surface area contributed by atoms with Gasteiger partial charge in [0.25, 0.3) is 0 Å². The molecule has 1 aromatic rings. The van der Waals surface area contributed by atoms with Crippen molar-refractivity contribution in [2.24, 2.45) is 0 Å². The van der Waals surface area contributed by atoms with Crippen LogP contribution in [-0.2, 0) is 28.7 Å².